The van der Waals surface area contributed by atoms with Crippen LogP contribution in [0.15, 0.2) is 30.3 Å². The molecule has 1 aromatic carbocycles. The number of nitrogens with zero attached hydrogens (tertiary/aromatic N) is 1. The second kappa shape index (κ2) is 12.3. The van der Waals surface area contributed by atoms with E-state index in [1.54, 1.807) is 24.3 Å². The van der Waals surface area contributed by atoms with E-state index in [0.717, 1.165) is 5.56 Å². The lowest BCUT2D eigenvalue weighted by Gasteiger charge is -2.29. The molecule has 182 valence electrons. The first-order valence-corrected chi connectivity index (χ1v) is 11.2. The number of carboxylic acid groups (broad SMARTS) is 1. The van der Waals surface area contributed by atoms with Crippen molar-refractivity contribution in [1.82, 2.24) is 15.5 Å². The van der Waals surface area contributed by atoms with Crippen molar-refractivity contribution in [3.05, 3.63) is 35.9 Å². The maximum Gasteiger partial charge on any atom is 0.326 e. The molecular weight excluding hydrogens is 428 g/mol. The average molecular weight is 463 g/mol. The molecule has 2 rings (SSSR count). The number of aliphatic carboxylic acids is 1. The van der Waals surface area contributed by atoms with Crippen molar-refractivity contribution >= 4 is 23.7 Å². The molecule has 10 nitrogen and oxygen atoms in total. The first-order valence-electron chi connectivity index (χ1n) is 11.2. The van der Waals surface area contributed by atoms with E-state index in [-0.39, 0.29) is 12.3 Å². The summed E-state index contributed by atoms with van der Waals surface area (Å²) in [6, 6.07) is 4.97. The van der Waals surface area contributed by atoms with E-state index in [1.807, 2.05) is 19.9 Å². The summed E-state index contributed by atoms with van der Waals surface area (Å²) in [7, 11) is 0. The minimum absolute atomic E-state index is 0.0510. The molecule has 0 bridgehead atoms. The van der Waals surface area contributed by atoms with E-state index in [4.69, 9.17) is 5.73 Å². The van der Waals surface area contributed by atoms with Crippen molar-refractivity contribution in [2.24, 2.45) is 11.7 Å². The molecule has 1 aromatic rings. The van der Waals surface area contributed by atoms with Crippen LogP contribution in [0.1, 0.15) is 38.7 Å². The number of carbonyl (C=O) groups excluding carboxylic acids is 3. The molecule has 0 saturated carbocycles. The Labute approximate surface area is 193 Å². The maximum atomic E-state index is 13.2. The summed E-state index contributed by atoms with van der Waals surface area (Å²) in [5.41, 5.74) is 6.37. The number of rotatable bonds is 11. The van der Waals surface area contributed by atoms with Crippen LogP contribution in [0.25, 0.3) is 0 Å². The minimum Gasteiger partial charge on any atom is -0.480 e. The van der Waals surface area contributed by atoms with Crippen molar-refractivity contribution in [3.8, 4) is 0 Å². The Kier molecular flexibility index (Phi) is 9.80. The Balaban J connectivity index is 2.22. The van der Waals surface area contributed by atoms with Crippen LogP contribution in [0.5, 0.6) is 0 Å². The zero-order chi connectivity index (χ0) is 24.5. The van der Waals surface area contributed by atoms with Gasteiger partial charge in [-0.1, -0.05) is 44.2 Å². The van der Waals surface area contributed by atoms with Gasteiger partial charge in [0.05, 0.1) is 6.61 Å². The first kappa shape index (κ1) is 26.3. The topological polar surface area (TPSA) is 162 Å². The second-order valence-corrected chi connectivity index (χ2v) is 8.76. The highest BCUT2D eigenvalue weighted by molar-refractivity contribution is 5.94. The summed E-state index contributed by atoms with van der Waals surface area (Å²) in [6.07, 6.45) is 1.42. The van der Waals surface area contributed by atoms with Crippen molar-refractivity contribution in [2.75, 3.05) is 13.2 Å². The smallest absolute Gasteiger partial charge is 0.326 e. The van der Waals surface area contributed by atoms with Crippen LogP contribution in [0.4, 0.5) is 0 Å². The fraction of sp³-hybridized carbons (Fsp3) is 0.565. The minimum atomic E-state index is -1.19. The van der Waals surface area contributed by atoms with Crippen LogP contribution in [-0.4, -0.2) is 76.1 Å². The van der Waals surface area contributed by atoms with Gasteiger partial charge in [0.25, 0.3) is 0 Å². The highest BCUT2D eigenvalue weighted by Gasteiger charge is 2.38. The van der Waals surface area contributed by atoms with Gasteiger partial charge in [0.1, 0.15) is 24.2 Å². The SMILES string of the molecule is CC(C)CC(NC(=O)C(Cc1ccccc1)NC(=O)C(N)CO)C(=O)N1CCCC1C(=O)O. The summed E-state index contributed by atoms with van der Waals surface area (Å²) in [5.74, 6) is -2.73. The first-order chi connectivity index (χ1) is 15.6. The van der Waals surface area contributed by atoms with Crippen LogP contribution in [0, 0.1) is 5.92 Å². The maximum absolute atomic E-state index is 13.2. The van der Waals surface area contributed by atoms with Gasteiger partial charge in [0.2, 0.25) is 17.7 Å². The van der Waals surface area contributed by atoms with Crippen molar-refractivity contribution < 1.29 is 29.4 Å². The summed E-state index contributed by atoms with van der Waals surface area (Å²) < 4.78 is 0. The number of nitrogens with two attached hydrogens (primary N) is 1. The van der Waals surface area contributed by atoms with Crippen LogP contribution in [0.2, 0.25) is 0 Å². The third kappa shape index (κ3) is 7.54. The molecule has 0 aliphatic carbocycles. The lowest BCUT2D eigenvalue weighted by Crippen LogP contribution is -2.58. The Morgan fingerprint density at radius 1 is 1.09 bits per heavy atom. The third-order valence-electron chi connectivity index (χ3n) is 5.59. The molecule has 1 fully saturated rings. The number of aliphatic hydroxyl groups is 1. The van der Waals surface area contributed by atoms with Gasteiger partial charge in [0, 0.05) is 13.0 Å². The zero-order valence-corrected chi connectivity index (χ0v) is 19.1. The molecule has 4 atom stereocenters. The van der Waals surface area contributed by atoms with Crippen molar-refractivity contribution in [3.63, 3.8) is 0 Å². The number of aliphatic hydroxyl groups excluding tert-OH is 1. The molecule has 0 spiro atoms. The second-order valence-electron chi connectivity index (χ2n) is 8.76. The number of hydrogen-bond donors (Lipinski definition) is 5. The van der Waals surface area contributed by atoms with E-state index in [9.17, 15) is 29.4 Å². The van der Waals surface area contributed by atoms with E-state index < -0.39 is 54.5 Å². The Bertz CT molecular complexity index is 832. The highest BCUT2D eigenvalue weighted by Crippen LogP contribution is 2.20. The lowest BCUT2D eigenvalue weighted by molar-refractivity contribution is -0.149. The number of carbonyl (C=O) groups is 4. The fourth-order valence-electron chi connectivity index (χ4n) is 3.87. The molecule has 33 heavy (non-hydrogen) atoms. The quantitative estimate of drug-likeness (QED) is 0.300. The Morgan fingerprint density at radius 3 is 2.30 bits per heavy atom. The van der Waals surface area contributed by atoms with E-state index >= 15 is 0 Å². The fourth-order valence-corrected chi connectivity index (χ4v) is 3.87. The van der Waals surface area contributed by atoms with Crippen molar-refractivity contribution in [1.29, 1.82) is 0 Å². The normalized spacial score (nSPS) is 18.5. The predicted octanol–water partition coefficient (Wildman–Crippen LogP) is -0.360. The van der Waals surface area contributed by atoms with Gasteiger partial charge in [-0.25, -0.2) is 4.79 Å². The van der Waals surface area contributed by atoms with Gasteiger partial charge < -0.3 is 31.5 Å². The van der Waals surface area contributed by atoms with Crippen LogP contribution in [-0.2, 0) is 25.6 Å². The van der Waals surface area contributed by atoms with Gasteiger partial charge in [-0.05, 0) is 30.7 Å². The molecule has 4 unspecified atom stereocenters. The predicted molar refractivity (Wildman–Crippen MR) is 121 cm³/mol. The summed E-state index contributed by atoms with van der Waals surface area (Å²) in [4.78, 5) is 51.5. The molecule has 10 heteroatoms. The molecule has 1 aliphatic rings. The van der Waals surface area contributed by atoms with Gasteiger partial charge in [-0.3, -0.25) is 14.4 Å². The molecule has 0 aromatic heterocycles. The van der Waals surface area contributed by atoms with Crippen LogP contribution < -0.4 is 16.4 Å². The molecule has 0 radical (unpaired) electrons. The number of benzene rings is 1. The summed E-state index contributed by atoms with van der Waals surface area (Å²) >= 11 is 0. The molecule has 1 saturated heterocycles. The highest BCUT2D eigenvalue weighted by atomic mass is 16.4. The van der Waals surface area contributed by atoms with E-state index in [2.05, 4.69) is 10.6 Å². The van der Waals surface area contributed by atoms with Gasteiger partial charge >= 0.3 is 5.97 Å². The molecule has 1 aliphatic heterocycles. The third-order valence-corrected chi connectivity index (χ3v) is 5.59. The van der Waals surface area contributed by atoms with Gasteiger partial charge in [0.15, 0.2) is 0 Å². The number of likely N-dealkylation sites (tertiary alicyclic amines) is 1. The molecule has 3 amide bonds. The number of amides is 3. The van der Waals surface area contributed by atoms with Crippen molar-refractivity contribution in [2.45, 2.75) is 63.7 Å². The number of nitrogens with one attached hydrogen (secondary N) is 2. The van der Waals surface area contributed by atoms with Gasteiger partial charge in [-0.15, -0.1) is 0 Å². The van der Waals surface area contributed by atoms with Crippen LogP contribution in [0.3, 0.4) is 0 Å². The Hall–Kier alpha value is -2.98. The Morgan fingerprint density at radius 2 is 1.73 bits per heavy atom. The lowest BCUT2D eigenvalue weighted by atomic mass is 10.00. The number of hydrogen-bond acceptors (Lipinski definition) is 6. The average Bonchev–Trinajstić information content (AvgIpc) is 3.27. The van der Waals surface area contributed by atoms with E-state index in [0.29, 0.717) is 25.8 Å². The molecule has 1 heterocycles. The summed E-state index contributed by atoms with van der Waals surface area (Å²) in [6.45, 7) is 3.53. The molecular formula is C23H34N4O6. The summed E-state index contributed by atoms with van der Waals surface area (Å²) in [5, 5.41) is 23.9. The van der Waals surface area contributed by atoms with Crippen LogP contribution >= 0.6 is 0 Å². The molecule has 6 N–H and O–H groups in total. The van der Waals surface area contributed by atoms with E-state index in [1.165, 1.54) is 4.90 Å². The number of carboxylic acids is 1. The monoisotopic (exact) mass is 462 g/mol. The standard InChI is InChI=1S/C23H34N4O6/c1-14(2)11-18(22(31)27-10-6-9-19(27)23(32)33)26-21(30)17(25-20(29)16(24)13-28)12-15-7-4-3-5-8-15/h3-5,7-8,14,16-19,28H,6,9-13,24H2,1-2H3,(H,25,29)(H,26,30)(H,32,33). The zero-order valence-electron chi connectivity index (χ0n) is 19.1. The largest absolute Gasteiger partial charge is 0.480 e. The van der Waals surface area contributed by atoms with Gasteiger partial charge in [-0.2, -0.15) is 0 Å².